The Hall–Kier alpha value is -0.215. The van der Waals surface area contributed by atoms with E-state index in [0.29, 0.717) is 29.2 Å². The first kappa shape index (κ1) is 18.1. The van der Waals surface area contributed by atoms with Gasteiger partial charge in [-0.15, -0.1) is 0 Å². The molecule has 0 aliphatic carbocycles. The van der Waals surface area contributed by atoms with Crippen LogP contribution >= 0.6 is 23.2 Å². The molecule has 1 saturated heterocycles. The number of aryl methyl sites for hydroxylation is 1. The van der Waals surface area contributed by atoms with Gasteiger partial charge in [0, 0.05) is 34.6 Å². The van der Waals surface area contributed by atoms with Gasteiger partial charge < -0.3 is 9.31 Å². The predicted molar refractivity (Wildman–Crippen MR) is 95.4 cm³/mol. The lowest BCUT2D eigenvalue weighted by atomic mass is 9.76. The number of halogens is 2. The van der Waals surface area contributed by atoms with Gasteiger partial charge in [0.1, 0.15) is 0 Å². The highest BCUT2D eigenvalue weighted by molar-refractivity contribution is 6.68. The van der Waals surface area contributed by atoms with Gasteiger partial charge in [0.15, 0.2) is 0 Å². The monoisotopic (exact) mass is 342 g/mol. The highest BCUT2D eigenvalue weighted by Gasteiger charge is 2.32. The van der Waals surface area contributed by atoms with Crippen LogP contribution in [-0.4, -0.2) is 20.3 Å². The van der Waals surface area contributed by atoms with E-state index in [1.165, 1.54) is 18.4 Å². The molecule has 1 heterocycles. The molecule has 1 aromatic carbocycles. The standard InChI is InChI=1S/C17H25BCl2O2/c1-3-5-6-8-13-9-15(19)17(16(20)10-13)18-21-11-14(7-4-2)12-22-18/h9-10,14H,3-8,11-12H2,1-2H3. The van der Waals surface area contributed by atoms with Crippen molar-refractivity contribution in [1.29, 1.82) is 0 Å². The van der Waals surface area contributed by atoms with Crippen molar-refractivity contribution in [2.75, 3.05) is 13.2 Å². The van der Waals surface area contributed by atoms with Crippen LogP contribution in [0.3, 0.4) is 0 Å². The van der Waals surface area contributed by atoms with Crippen molar-refractivity contribution in [2.24, 2.45) is 5.92 Å². The lowest BCUT2D eigenvalue weighted by molar-refractivity contribution is 0.0821. The van der Waals surface area contributed by atoms with Crippen LogP contribution in [0.4, 0.5) is 0 Å². The van der Waals surface area contributed by atoms with Crippen LogP contribution in [0.2, 0.25) is 10.0 Å². The summed E-state index contributed by atoms with van der Waals surface area (Å²) < 4.78 is 11.7. The highest BCUT2D eigenvalue weighted by Crippen LogP contribution is 2.23. The molecule has 1 aliphatic heterocycles. The third-order valence-electron chi connectivity index (χ3n) is 4.11. The van der Waals surface area contributed by atoms with E-state index in [2.05, 4.69) is 13.8 Å². The van der Waals surface area contributed by atoms with Gasteiger partial charge in [-0.05, 0) is 37.0 Å². The molecule has 2 rings (SSSR count). The number of unbranched alkanes of at least 4 members (excludes halogenated alkanes) is 2. The lowest BCUT2D eigenvalue weighted by Gasteiger charge is -2.28. The summed E-state index contributed by atoms with van der Waals surface area (Å²) in [5.74, 6) is 0.479. The minimum absolute atomic E-state index is 0.433. The number of hydrogen-bond donors (Lipinski definition) is 0. The van der Waals surface area contributed by atoms with Crippen LogP contribution in [0.25, 0.3) is 0 Å². The maximum absolute atomic E-state index is 6.43. The average molecular weight is 343 g/mol. The van der Waals surface area contributed by atoms with E-state index in [1.807, 2.05) is 12.1 Å². The summed E-state index contributed by atoms with van der Waals surface area (Å²) in [5, 5.41) is 1.30. The third kappa shape index (κ3) is 4.89. The van der Waals surface area contributed by atoms with Crippen molar-refractivity contribution in [3.8, 4) is 0 Å². The Morgan fingerprint density at radius 1 is 1.05 bits per heavy atom. The normalized spacial score (nSPS) is 16.3. The summed E-state index contributed by atoms with van der Waals surface area (Å²) in [4.78, 5) is 0. The Labute approximate surface area is 144 Å². The summed E-state index contributed by atoms with van der Waals surface area (Å²) in [6, 6.07) is 4.01. The van der Waals surface area contributed by atoms with Crippen LogP contribution in [0, 0.1) is 5.92 Å². The van der Waals surface area contributed by atoms with Crippen LogP contribution in [0.1, 0.15) is 51.5 Å². The number of benzene rings is 1. The molecule has 0 unspecified atom stereocenters. The fourth-order valence-electron chi connectivity index (χ4n) is 2.87. The van der Waals surface area contributed by atoms with Crippen molar-refractivity contribution < 1.29 is 9.31 Å². The van der Waals surface area contributed by atoms with Crippen LogP contribution in [0.15, 0.2) is 12.1 Å². The van der Waals surface area contributed by atoms with Crippen molar-refractivity contribution >= 4 is 35.8 Å². The van der Waals surface area contributed by atoms with Crippen molar-refractivity contribution in [2.45, 2.75) is 52.4 Å². The Balaban J connectivity index is 2.02. The van der Waals surface area contributed by atoms with Gasteiger partial charge in [-0.1, -0.05) is 56.3 Å². The van der Waals surface area contributed by atoms with Gasteiger partial charge in [0.2, 0.25) is 0 Å². The molecule has 0 radical (unpaired) electrons. The predicted octanol–water partition coefficient (Wildman–Crippen LogP) is 4.88. The van der Waals surface area contributed by atoms with E-state index in [0.717, 1.165) is 31.1 Å². The molecule has 0 aromatic heterocycles. The SMILES string of the molecule is CCCCCc1cc(Cl)c(B2OCC(CCC)CO2)c(Cl)c1. The van der Waals surface area contributed by atoms with Crippen molar-refractivity contribution in [3.05, 3.63) is 27.7 Å². The molecule has 122 valence electrons. The molecular weight excluding hydrogens is 318 g/mol. The summed E-state index contributed by atoms with van der Waals surface area (Å²) in [5.41, 5.74) is 1.96. The Morgan fingerprint density at radius 3 is 2.23 bits per heavy atom. The first-order valence-corrected chi connectivity index (χ1v) is 9.12. The van der Waals surface area contributed by atoms with Gasteiger partial charge in [-0.25, -0.2) is 0 Å². The Morgan fingerprint density at radius 2 is 1.68 bits per heavy atom. The Bertz CT molecular complexity index is 451. The van der Waals surface area contributed by atoms with E-state index in [4.69, 9.17) is 32.5 Å². The summed E-state index contributed by atoms with van der Waals surface area (Å²) in [7, 11) is -0.433. The molecule has 2 nitrogen and oxygen atoms in total. The lowest BCUT2D eigenvalue weighted by Crippen LogP contribution is -2.45. The maximum atomic E-state index is 6.43. The highest BCUT2D eigenvalue weighted by atomic mass is 35.5. The second-order valence-corrected chi connectivity index (χ2v) is 6.90. The maximum Gasteiger partial charge on any atom is 0.496 e. The first-order valence-electron chi connectivity index (χ1n) is 8.36. The smallest absolute Gasteiger partial charge is 0.407 e. The first-order chi connectivity index (χ1) is 10.7. The fraction of sp³-hybridized carbons (Fsp3) is 0.647. The van der Waals surface area contributed by atoms with E-state index in [1.54, 1.807) is 0 Å². The molecule has 5 heteroatoms. The third-order valence-corrected chi connectivity index (χ3v) is 4.73. The van der Waals surface area contributed by atoms with E-state index < -0.39 is 7.12 Å². The minimum Gasteiger partial charge on any atom is -0.407 e. The second-order valence-electron chi connectivity index (χ2n) is 6.08. The zero-order valence-corrected chi connectivity index (χ0v) is 15.1. The zero-order valence-electron chi connectivity index (χ0n) is 13.5. The topological polar surface area (TPSA) is 18.5 Å². The van der Waals surface area contributed by atoms with Gasteiger partial charge >= 0.3 is 7.12 Å². The molecule has 1 fully saturated rings. The van der Waals surface area contributed by atoms with Crippen molar-refractivity contribution in [3.63, 3.8) is 0 Å². The molecule has 0 saturated carbocycles. The summed E-state index contributed by atoms with van der Waals surface area (Å²) in [6.45, 7) is 5.80. The van der Waals surface area contributed by atoms with Crippen LogP contribution in [-0.2, 0) is 15.7 Å². The molecule has 1 aromatic rings. The number of hydrogen-bond acceptors (Lipinski definition) is 2. The molecule has 0 spiro atoms. The molecule has 22 heavy (non-hydrogen) atoms. The van der Waals surface area contributed by atoms with Crippen molar-refractivity contribution in [1.82, 2.24) is 0 Å². The molecule has 0 bridgehead atoms. The van der Waals surface area contributed by atoms with Crippen LogP contribution in [0.5, 0.6) is 0 Å². The minimum atomic E-state index is -0.433. The summed E-state index contributed by atoms with van der Waals surface area (Å²) >= 11 is 12.9. The van der Waals surface area contributed by atoms with Gasteiger partial charge in [0.25, 0.3) is 0 Å². The quantitative estimate of drug-likeness (QED) is 0.519. The molecule has 1 aliphatic rings. The Kier molecular flexibility index (Phi) is 7.56. The second kappa shape index (κ2) is 9.17. The van der Waals surface area contributed by atoms with E-state index in [9.17, 15) is 0 Å². The zero-order chi connectivity index (χ0) is 15.9. The van der Waals surface area contributed by atoms with E-state index in [-0.39, 0.29) is 0 Å². The molecular formula is C17H25BCl2O2. The van der Waals surface area contributed by atoms with Gasteiger partial charge in [0.05, 0.1) is 0 Å². The number of rotatable bonds is 7. The van der Waals surface area contributed by atoms with Gasteiger partial charge in [-0.3, -0.25) is 0 Å². The molecule has 0 N–H and O–H groups in total. The van der Waals surface area contributed by atoms with E-state index >= 15 is 0 Å². The summed E-state index contributed by atoms with van der Waals surface area (Å²) in [6.07, 6.45) is 6.89. The van der Waals surface area contributed by atoms with Crippen LogP contribution < -0.4 is 5.46 Å². The average Bonchev–Trinajstić information content (AvgIpc) is 2.49. The molecule has 0 amide bonds. The largest absolute Gasteiger partial charge is 0.496 e. The fourth-order valence-corrected chi connectivity index (χ4v) is 3.58. The molecule has 0 atom stereocenters. The van der Waals surface area contributed by atoms with Gasteiger partial charge in [-0.2, -0.15) is 0 Å².